The van der Waals surface area contributed by atoms with Crippen molar-refractivity contribution in [2.75, 3.05) is 6.54 Å². The van der Waals surface area contributed by atoms with Crippen LogP contribution in [0.15, 0.2) is 39.7 Å². The molecule has 0 N–H and O–H groups in total. The first-order chi connectivity index (χ1) is 11.9. The molecular formula is C18H15Cl2NO2S2. The van der Waals surface area contributed by atoms with Crippen molar-refractivity contribution in [1.82, 2.24) is 4.90 Å². The molecule has 0 spiro atoms. The van der Waals surface area contributed by atoms with Crippen molar-refractivity contribution in [3.63, 3.8) is 0 Å². The molecule has 1 aromatic carbocycles. The van der Waals surface area contributed by atoms with Gasteiger partial charge < -0.3 is 4.42 Å². The van der Waals surface area contributed by atoms with Crippen LogP contribution in [0, 0.1) is 5.92 Å². The molecule has 1 fully saturated rings. The van der Waals surface area contributed by atoms with Crippen LogP contribution in [-0.4, -0.2) is 21.7 Å². The van der Waals surface area contributed by atoms with Crippen LogP contribution in [0.3, 0.4) is 0 Å². The molecule has 1 aliphatic rings. The molecule has 3 rings (SSSR count). The fraction of sp³-hybridized carbons (Fsp3) is 0.222. The van der Waals surface area contributed by atoms with Gasteiger partial charge in [-0.15, -0.1) is 0 Å². The van der Waals surface area contributed by atoms with Crippen molar-refractivity contribution in [2.24, 2.45) is 5.92 Å². The van der Waals surface area contributed by atoms with Gasteiger partial charge in [-0.3, -0.25) is 9.69 Å². The Kier molecular flexibility index (Phi) is 5.58. The largest absolute Gasteiger partial charge is 0.457 e. The molecule has 0 radical (unpaired) electrons. The Morgan fingerprint density at radius 1 is 1.28 bits per heavy atom. The molecule has 0 atom stereocenters. The zero-order valence-electron chi connectivity index (χ0n) is 13.6. The van der Waals surface area contributed by atoms with Crippen LogP contribution in [0.5, 0.6) is 0 Å². The number of amides is 1. The van der Waals surface area contributed by atoms with E-state index in [0.717, 1.165) is 0 Å². The molecule has 0 unspecified atom stereocenters. The van der Waals surface area contributed by atoms with Crippen molar-refractivity contribution in [2.45, 2.75) is 13.8 Å². The van der Waals surface area contributed by atoms with Crippen LogP contribution in [-0.2, 0) is 4.79 Å². The molecule has 3 nitrogen and oxygen atoms in total. The third-order valence-corrected chi connectivity index (χ3v) is 5.74. The Morgan fingerprint density at radius 3 is 2.76 bits per heavy atom. The Bertz CT molecular complexity index is 874. The van der Waals surface area contributed by atoms with Crippen LogP contribution in [0.25, 0.3) is 17.4 Å². The van der Waals surface area contributed by atoms with Crippen LogP contribution in [0.1, 0.15) is 19.6 Å². The fourth-order valence-corrected chi connectivity index (χ4v) is 4.07. The number of benzene rings is 1. The van der Waals surface area contributed by atoms with Gasteiger partial charge in [0.2, 0.25) is 0 Å². The molecule has 0 saturated carbocycles. The molecule has 0 bridgehead atoms. The van der Waals surface area contributed by atoms with E-state index in [0.29, 0.717) is 48.8 Å². The number of hydrogen-bond acceptors (Lipinski definition) is 4. The zero-order valence-corrected chi connectivity index (χ0v) is 16.7. The van der Waals surface area contributed by atoms with Crippen molar-refractivity contribution in [3.05, 3.63) is 51.0 Å². The minimum absolute atomic E-state index is 0.0811. The van der Waals surface area contributed by atoms with Gasteiger partial charge in [0.05, 0.1) is 15.0 Å². The Morgan fingerprint density at radius 2 is 2.04 bits per heavy atom. The zero-order chi connectivity index (χ0) is 18.1. The molecule has 2 heterocycles. The van der Waals surface area contributed by atoms with E-state index in [4.69, 9.17) is 39.8 Å². The number of thiocarbonyl (C=S) groups is 1. The highest BCUT2D eigenvalue weighted by Gasteiger charge is 2.32. The highest BCUT2D eigenvalue weighted by Crippen LogP contribution is 2.36. The summed E-state index contributed by atoms with van der Waals surface area (Å²) >= 11 is 18.9. The lowest BCUT2D eigenvalue weighted by Gasteiger charge is -2.16. The maximum Gasteiger partial charge on any atom is 0.266 e. The van der Waals surface area contributed by atoms with Gasteiger partial charge in [-0.25, -0.2) is 0 Å². The first-order valence-corrected chi connectivity index (χ1v) is 9.64. The van der Waals surface area contributed by atoms with E-state index in [-0.39, 0.29) is 5.91 Å². The highest BCUT2D eigenvalue weighted by atomic mass is 35.5. The van der Waals surface area contributed by atoms with Gasteiger partial charge in [0.25, 0.3) is 5.91 Å². The molecule has 2 aromatic rings. The third kappa shape index (κ3) is 3.95. The van der Waals surface area contributed by atoms with Gasteiger partial charge in [-0.05, 0) is 30.2 Å². The standard InChI is InChI=1S/C18H15Cl2NO2S2/c1-10(2)9-21-17(22)15(25-18(21)24)8-11-6-7-14(23-11)12-4-3-5-13(19)16(12)20/h3-8,10H,9H2,1-2H3. The lowest BCUT2D eigenvalue weighted by molar-refractivity contribution is -0.122. The van der Waals surface area contributed by atoms with Crippen LogP contribution >= 0.6 is 47.2 Å². The average Bonchev–Trinajstić information content (AvgIpc) is 3.11. The quantitative estimate of drug-likeness (QED) is 0.448. The number of rotatable bonds is 4. The summed E-state index contributed by atoms with van der Waals surface area (Å²) in [5.41, 5.74) is 0.709. The summed E-state index contributed by atoms with van der Waals surface area (Å²) in [5.74, 6) is 1.43. The van der Waals surface area contributed by atoms with Gasteiger partial charge >= 0.3 is 0 Å². The molecule has 1 saturated heterocycles. The second kappa shape index (κ2) is 7.54. The highest BCUT2D eigenvalue weighted by molar-refractivity contribution is 8.26. The monoisotopic (exact) mass is 411 g/mol. The van der Waals surface area contributed by atoms with Gasteiger partial charge in [0, 0.05) is 18.2 Å². The molecule has 1 amide bonds. The Balaban J connectivity index is 1.86. The minimum atomic E-state index is -0.0811. The van der Waals surface area contributed by atoms with Crippen molar-refractivity contribution >= 4 is 63.5 Å². The molecule has 130 valence electrons. The number of thioether (sulfide) groups is 1. The van der Waals surface area contributed by atoms with E-state index in [2.05, 4.69) is 13.8 Å². The molecule has 7 heteroatoms. The third-order valence-electron chi connectivity index (χ3n) is 3.54. The van der Waals surface area contributed by atoms with Crippen LogP contribution in [0.4, 0.5) is 0 Å². The van der Waals surface area contributed by atoms with E-state index < -0.39 is 0 Å². The number of halogens is 2. The number of furan rings is 1. The smallest absolute Gasteiger partial charge is 0.266 e. The summed E-state index contributed by atoms with van der Waals surface area (Å²) in [5, 5.41) is 0.903. The lowest BCUT2D eigenvalue weighted by Crippen LogP contribution is -2.31. The summed E-state index contributed by atoms with van der Waals surface area (Å²) in [7, 11) is 0. The van der Waals surface area contributed by atoms with Gasteiger partial charge in [0.1, 0.15) is 15.8 Å². The lowest BCUT2D eigenvalue weighted by atomic mass is 10.2. The second-order valence-corrected chi connectivity index (χ2v) is 8.45. The number of nitrogens with zero attached hydrogens (tertiary/aromatic N) is 1. The summed E-state index contributed by atoms with van der Waals surface area (Å²) in [6.45, 7) is 4.72. The average molecular weight is 412 g/mol. The predicted octanol–water partition coefficient (Wildman–Crippen LogP) is 6.11. The van der Waals surface area contributed by atoms with E-state index in [1.807, 2.05) is 12.1 Å². The molecule has 1 aromatic heterocycles. The van der Waals surface area contributed by atoms with Crippen molar-refractivity contribution < 1.29 is 9.21 Å². The molecule has 25 heavy (non-hydrogen) atoms. The first kappa shape index (κ1) is 18.5. The van der Waals surface area contributed by atoms with Gasteiger partial charge in [-0.2, -0.15) is 0 Å². The van der Waals surface area contributed by atoms with Crippen molar-refractivity contribution in [3.8, 4) is 11.3 Å². The number of carbonyl (C=O) groups excluding carboxylic acids is 1. The van der Waals surface area contributed by atoms with E-state index >= 15 is 0 Å². The van der Waals surface area contributed by atoms with E-state index in [1.54, 1.807) is 29.2 Å². The fourth-order valence-electron chi connectivity index (χ4n) is 2.42. The maximum atomic E-state index is 12.5. The first-order valence-electron chi connectivity index (χ1n) is 7.66. The second-order valence-electron chi connectivity index (χ2n) is 5.99. The van der Waals surface area contributed by atoms with Crippen LogP contribution < -0.4 is 0 Å². The summed E-state index contributed by atoms with van der Waals surface area (Å²) < 4.78 is 6.40. The molecule has 0 aliphatic carbocycles. The normalized spacial score (nSPS) is 16.5. The van der Waals surface area contributed by atoms with Crippen LogP contribution in [0.2, 0.25) is 10.0 Å². The summed E-state index contributed by atoms with van der Waals surface area (Å²) in [6, 6.07) is 8.96. The summed E-state index contributed by atoms with van der Waals surface area (Å²) in [6.07, 6.45) is 1.71. The number of carbonyl (C=O) groups is 1. The SMILES string of the molecule is CC(C)CN1C(=O)C(=Cc2ccc(-c3cccc(Cl)c3Cl)o2)SC1=S. The van der Waals surface area contributed by atoms with Gasteiger partial charge in [-0.1, -0.05) is 67.1 Å². The Hall–Kier alpha value is -1.27. The molecule has 1 aliphatic heterocycles. The van der Waals surface area contributed by atoms with Gasteiger partial charge in [0.15, 0.2) is 0 Å². The summed E-state index contributed by atoms with van der Waals surface area (Å²) in [4.78, 5) is 14.7. The topological polar surface area (TPSA) is 33.5 Å². The predicted molar refractivity (Wildman–Crippen MR) is 109 cm³/mol. The molecular weight excluding hydrogens is 397 g/mol. The van der Waals surface area contributed by atoms with Crippen molar-refractivity contribution in [1.29, 1.82) is 0 Å². The number of hydrogen-bond donors (Lipinski definition) is 0. The maximum absolute atomic E-state index is 12.5. The van der Waals surface area contributed by atoms with E-state index in [1.165, 1.54) is 11.8 Å². The van der Waals surface area contributed by atoms with E-state index in [9.17, 15) is 4.79 Å². The minimum Gasteiger partial charge on any atom is -0.457 e. The Labute approximate surface area is 166 Å².